The number of nitrogens with two attached hydrogens (primary N) is 1. The van der Waals surface area contributed by atoms with E-state index in [0.717, 1.165) is 0 Å². The Kier molecular flexibility index (Phi) is 4.74. The van der Waals surface area contributed by atoms with Crippen molar-refractivity contribution in [2.24, 2.45) is 7.05 Å². The monoisotopic (exact) mass is 257 g/mol. The van der Waals surface area contributed by atoms with Crippen LogP contribution in [0.25, 0.3) is 0 Å². The second kappa shape index (κ2) is 5.86. The van der Waals surface area contributed by atoms with Gasteiger partial charge in [-0.15, -0.1) is 0 Å². The Balaban J connectivity index is 2.54. The number of hydrogen-bond acceptors (Lipinski definition) is 3. The molecule has 1 heterocycles. The molecule has 17 heavy (non-hydrogen) atoms. The van der Waals surface area contributed by atoms with Gasteiger partial charge in [0.1, 0.15) is 5.69 Å². The van der Waals surface area contributed by atoms with Gasteiger partial charge < -0.3 is 15.6 Å². The first kappa shape index (κ1) is 13.8. The lowest BCUT2D eigenvalue weighted by molar-refractivity contribution is 0.0931. The largest absolute Gasteiger partial charge is 0.397 e. The summed E-state index contributed by atoms with van der Waals surface area (Å²) in [5.74, 6) is 0.440. The highest BCUT2D eigenvalue weighted by molar-refractivity contribution is 7.84. The van der Waals surface area contributed by atoms with Crippen molar-refractivity contribution >= 4 is 22.4 Å². The van der Waals surface area contributed by atoms with Crippen molar-refractivity contribution in [2.75, 3.05) is 17.7 Å². The molecule has 0 spiro atoms. The molecule has 2 unspecified atom stereocenters. The Morgan fingerprint density at radius 3 is 2.76 bits per heavy atom. The topological polar surface area (TPSA) is 77.1 Å². The molecule has 1 rings (SSSR count). The molecule has 0 fully saturated rings. The number of anilines is 1. The molecule has 1 amide bonds. The van der Waals surface area contributed by atoms with Gasteiger partial charge in [0.2, 0.25) is 0 Å². The van der Waals surface area contributed by atoms with Crippen LogP contribution in [-0.4, -0.2) is 32.7 Å². The summed E-state index contributed by atoms with van der Waals surface area (Å²) in [5.41, 5.74) is 6.71. The Morgan fingerprint density at radius 1 is 1.65 bits per heavy atom. The summed E-state index contributed by atoms with van der Waals surface area (Å²) in [5, 5.41) is 2.86. The zero-order valence-electron chi connectivity index (χ0n) is 10.4. The van der Waals surface area contributed by atoms with E-state index < -0.39 is 10.8 Å². The first-order valence-corrected chi connectivity index (χ1v) is 7.15. The number of amides is 1. The van der Waals surface area contributed by atoms with E-state index in [4.69, 9.17) is 5.73 Å². The first-order chi connectivity index (χ1) is 7.90. The van der Waals surface area contributed by atoms with Crippen molar-refractivity contribution in [3.63, 3.8) is 0 Å². The van der Waals surface area contributed by atoms with Crippen LogP contribution < -0.4 is 11.1 Å². The SMILES string of the molecule is CC(CCS(C)=O)NC(=O)c1cc(N)cn1C. The zero-order valence-corrected chi connectivity index (χ0v) is 11.2. The van der Waals surface area contributed by atoms with Crippen molar-refractivity contribution < 1.29 is 9.00 Å². The summed E-state index contributed by atoms with van der Waals surface area (Å²) in [6.07, 6.45) is 4.06. The van der Waals surface area contributed by atoms with Crippen LogP contribution in [0.4, 0.5) is 5.69 Å². The van der Waals surface area contributed by atoms with E-state index in [1.54, 1.807) is 30.1 Å². The fraction of sp³-hybridized carbons (Fsp3) is 0.545. The molecule has 0 aliphatic heterocycles. The standard InChI is InChI=1S/C11H19N3O2S/c1-8(4-5-17(3)16)13-11(15)10-6-9(12)7-14(10)2/h6-8H,4-5,12H2,1-3H3,(H,13,15). The number of carbonyl (C=O) groups excluding carboxylic acids is 1. The average molecular weight is 257 g/mol. The van der Waals surface area contributed by atoms with Crippen LogP contribution in [-0.2, 0) is 17.8 Å². The van der Waals surface area contributed by atoms with Gasteiger partial charge in [-0.2, -0.15) is 0 Å². The van der Waals surface area contributed by atoms with Crippen LogP contribution in [0.1, 0.15) is 23.8 Å². The third kappa shape index (κ3) is 4.22. The van der Waals surface area contributed by atoms with E-state index in [1.807, 2.05) is 6.92 Å². The molecule has 0 saturated heterocycles. The third-order valence-corrected chi connectivity index (χ3v) is 3.29. The molecule has 2 atom stereocenters. The van der Waals surface area contributed by atoms with Crippen LogP contribution in [0.2, 0.25) is 0 Å². The Bertz CT molecular complexity index is 428. The summed E-state index contributed by atoms with van der Waals surface area (Å²) in [7, 11) is 0.953. The lowest BCUT2D eigenvalue weighted by Gasteiger charge is -2.13. The molecule has 96 valence electrons. The van der Waals surface area contributed by atoms with Gasteiger partial charge in [0, 0.05) is 42.1 Å². The summed E-state index contributed by atoms with van der Waals surface area (Å²) in [6.45, 7) is 1.90. The molecule has 6 heteroatoms. The van der Waals surface area contributed by atoms with E-state index >= 15 is 0 Å². The number of hydrogen-bond donors (Lipinski definition) is 2. The van der Waals surface area contributed by atoms with Gasteiger partial charge in [-0.05, 0) is 19.4 Å². The fourth-order valence-corrected chi connectivity index (χ4v) is 2.21. The molecule has 5 nitrogen and oxygen atoms in total. The number of nitrogens with zero attached hydrogens (tertiary/aromatic N) is 1. The summed E-state index contributed by atoms with van der Waals surface area (Å²) < 4.78 is 12.6. The molecule has 0 radical (unpaired) electrons. The van der Waals surface area contributed by atoms with Crippen LogP contribution in [0, 0.1) is 0 Å². The maximum atomic E-state index is 11.9. The van der Waals surface area contributed by atoms with Crippen molar-refractivity contribution in [2.45, 2.75) is 19.4 Å². The van der Waals surface area contributed by atoms with E-state index in [-0.39, 0.29) is 11.9 Å². The second-order valence-electron chi connectivity index (χ2n) is 4.21. The summed E-state index contributed by atoms with van der Waals surface area (Å²) in [6, 6.07) is 1.64. The maximum Gasteiger partial charge on any atom is 0.268 e. The van der Waals surface area contributed by atoms with Crippen LogP contribution in [0.15, 0.2) is 12.3 Å². The quantitative estimate of drug-likeness (QED) is 0.806. The van der Waals surface area contributed by atoms with Gasteiger partial charge in [-0.3, -0.25) is 9.00 Å². The van der Waals surface area contributed by atoms with Gasteiger partial charge in [0.15, 0.2) is 0 Å². The molecule has 0 aromatic carbocycles. The van der Waals surface area contributed by atoms with Gasteiger partial charge >= 0.3 is 0 Å². The van der Waals surface area contributed by atoms with E-state index in [1.165, 1.54) is 0 Å². The smallest absolute Gasteiger partial charge is 0.268 e. The summed E-state index contributed by atoms with van der Waals surface area (Å²) >= 11 is 0. The van der Waals surface area contributed by atoms with Gasteiger partial charge in [-0.1, -0.05) is 0 Å². The zero-order chi connectivity index (χ0) is 13.0. The second-order valence-corrected chi connectivity index (χ2v) is 5.76. The fourth-order valence-electron chi connectivity index (χ4n) is 1.53. The third-order valence-electron chi connectivity index (χ3n) is 2.47. The Hall–Kier alpha value is -1.30. The average Bonchev–Trinajstić information content (AvgIpc) is 2.55. The normalized spacial score (nSPS) is 14.3. The van der Waals surface area contributed by atoms with Crippen LogP contribution >= 0.6 is 0 Å². The first-order valence-electron chi connectivity index (χ1n) is 5.43. The van der Waals surface area contributed by atoms with Gasteiger partial charge in [0.25, 0.3) is 5.91 Å². The van der Waals surface area contributed by atoms with Crippen molar-refractivity contribution in [3.8, 4) is 0 Å². The van der Waals surface area contributed by atoms with Crippen LogP contribution in [0.3, 0.4) is 0 Å². The molecule has 0 aliphatic rings. The maximum absolute atomic E-state index is 11.9. The molecular formula is C11H19N3O2S. The molecule has 0 saturated carbocycles. The predicted octanol–water partition coefficient (Wildman–Crippen LogP) is 0.494. The highest BCUT2D eigenvalue weighted by Gasteiger charge is 2.13. The molecule has 3 N–H and O–H groups in total. The number of rotatable bonds is 5. The lowest BCUT2D eigenvalue weighted by atomic mass is 10.2. The molecule has 1 aromatic heterocycles. The number of aryl methyl sites for hydroxylation is 1. The number of carbonyl (C=O) groups is 1. The van der Waals surface area contributed by atoms with Crippen LogP contribution in [0.5, 0.6) is 0 Å². The van der Waals surface area contributed by atoms with E-state index in [9.17, 15) is 9.00 Å². The van der Waals surface area contributed by atoms with E-state index in [0.29, 0.717) is 23.6 Å². The van der Waals surface area contributed by atoms with Gasteiger partial charge in [-0.25, -0.2) is 0 Å². The predicted molar refractivity (Wildman–Crippen MR) is 70.3 cm³/mol. The number of nitrogen functional groups attached to an aromatic ring is 1. The molecule has 1 aromatic rings. The van der Waals surface area contributed by atoms with Crippen molar-refractivity contribution in [1.82, 2.24) is 9.88 Å². The number of aromatic nitrogens is 1. The molecular weight excluding hydrogens is 238 g/mol. The minimum Gasteiger partial charge on any atom is -0.397 e. The Morgan fingerprint density at radius 2 is 2.29 bits per heavy atom. The highest BCUT2D eigenvalue weighted by atomic mass is 32.2. The minimum absolute atomic E-state index is 0.00234. The minimum atomic E-state index is -0.822. The van der Waals surface area contributed by atoms with Crippen molar-refractivity contribution in [3.05, 3.63) is 18.0 Å². The molecule has 0 bridgehead atoms. The van der Waals surface area contributed by atoms with Gasteiger partial charge in [0.05, 0.1) is 5.69 Å². The van der Waals surface area contributed by atoms with Crippen molar-refractivity contribution in [1.29, 1.82) is 0 Å². The Labute approximate surface area is 104 Å². The lowest BCUT2D eigenvalue weighted by Crippen LogP contribution is -2.34. The summed E-state index contributed by atoms with van der Waals surface area (Å²) in [4.78, 5) is 11.9. The molecule has 0 aliphatic carbocycles. The number of nitrogens with one attached hydrogen (secondary N) is 1. The van der Waals surface area contributed by atoms with E-state index in [2.05, 4.69) is 5.32 Å². The highest BCUT2D eigenvalue weighted by Crippen LogP contribution is 2.08.